The monoisotopic (exact) mass is 440 g/mol. The van der Waals surface area contributed by atoms with Gasteiger partial charge < -0.3 is 15.5 Å². The highest BCUT2D eigenvalue weighted by atomic mass is 35.5. The van der Waals surface area contributed by atoms with Crippen LogP contribution in [-0.4, -0.2) is 45.2 Å². The summed E-state index contributed by atoms with van der Waals surface area (Å²) in [6.07, 6.45) is 4.16. The van der Waals surface area contributed by atoms with Gasteiger partial charge in [0.1, 0.15) is 16.8 Å². The number of sulfonamides is 1. The Labute approximate surface area is 175 Å². The number of amidine groups is 1. The molecule has 0 spiro atoms. The fraction of sp³-hybridized carbons (Fsp3) is 0.526. The first-order chi connectivity index (χ1) is 13.7. The molecule has 2 aliphatic rings. The Bertz CT molecular complexity index is 961. The van der Waals surface area contributed by atoms with Crippen molar-refractivity contribution in [2.45, 2.75) is 56.9 Å². The van der Waals surface area contributed by atoms with E-state index in [0.717, 1.165) is 25.7 Å². The van der Waals surface area contributed by atoms with E-state index in [9.17, 15) is 18.0 Å². The van der Waals surface area contributed by atoms with Crippen LogP contribution < -0.4 is 15.5 Å². The normalized spacial score (nSPS) is 18.6. The van der Waals surface area contributed by atoms with Gasteiger partial charge in [0.05, 0.1) is 16.3 Å². The van der Waals surface area contributed by atoms with Crippen molar-refractivity contribution in [3.8, 4) is 0 Å². The second-order valence-corrected chi connectivity index (χ2v) is 9.21. The van der Waals surface area contributed by atoms with Crippen molar-refractivity contribution in [1.82, 2.24) is 10.6 Å². The van der Waals surface area contributed by atoms with Crippen molar-refractivity contribution >= 4 is 45.0 Å². The van der Waals surface area contributed by atoms with Crippen LogP contribution in [0.4, 0.5) is 5.69 Å². The third-order valence-corrected chi connectivity index (χ3v) is 6.62. The number of amides is 2. The average Bonchev–Trinajstić information content (AvgIpc) is 2.90. The molecule has 2 aliphatic heterocycles. The summed E-state index contributed by atoms with van der Waals surface area (Å²) in [4.78, 5) is 26.5. The smallest absolute Gasteiger partial charge is 0.286 e. The third-order valence-electron chi connectivity index (χ3n) is 4.97. The summed E-state index contributed by atoms with van der Waals surface area (Å²) >= 11 is 6.35. The van der Waals surface area contributed by atoms with Gasteiger partial charge in [-0.2, -0.15) is 8.42 Å². The molecule has 1 fully saturated rings. The van der Waals surface area contributed by atoms with Gasteiger partial charge in [0.15, 0.2) is 0 Å². The van der Waals surface area contributed by atoms with E-state index in [1.807, 2.05) is 11.8 Å². The maximum Gasteiger partial charge on any atom is 0.286 e. The van der Waals surface area contributed by atoms with Crippen LogP contribution in [0.15, 0.2) is 21.4 Å². The highest BCUT2D eigenvalue weighted by Crippen LogP contribution is 2.37. The molecule has 10 heteroatoms. The van der Waals surface area contributed by atoms with Gasteiger partial charge in [0.2, 0.25) is 5.91 Å². The van der Waals surface area contributed by atoms with Gasteiger partial charge in [-0.3, -0.25) is 9.59 Å². The van der Waals surface area contributed by atoms with Crippen molar-refractivity contribution in [3.05, 3.63) is 22.7 Å². The fourth-order valence-electron chi connectivity index (χ4n) is 3.41. The number of carbonyl (C=O) groups excluding carboxylic acids is 2. The standard InChI is InChI=1S/C19H25ClN4O4S/c1-3-8-21-18(25)12(2)22-19(26)13-10-16-15(11-14(13)20)24-9-6-4-5-7-17(24)23-29(16,27)28/h10-12H,3-9H2,1-2H3,(H,21,25)(H,22,26). The summed E-state index contributed by atoms with van der Waals surface area (Å²) in [6.45, 7) is 4.64. The lowest BCUT2D eigenvalue weighted by atomic mass is 10.1. The number of carbonyl (C=O) groups is 2. The van der Waals surface area contributed by atoms with Gasteiger partial charge in [-0.15, -0.1) is 4.40 Å². The van der Waals surface area contributed by atoms with Gasteiger partial charge >= 0.3 is 0 Å². The lowest BCUT2D eigenvalue weighted by Crippen LogP contribution is -2.45. The second kappa shape index (κ2) is 8.71. The molecule has 2 N–H and O–H groups in total. The van der Waals surface area contributed by atoms with E-state index >= 15 is 0 Å². The van der Waals surface area contributed by atoms with Crippen LogP contribution in [0.3, 0.4) is 0 Å². The van der Waals surface area contributed by atoms with E-state index in [0.29, 0.717) is 31.0 Å². The summed E-state index contributed by atoms with van der Waals surface area (Å²) in [5, 5.41) is 5.39. The molecule has 2 heterocycles. The second-order valence-electron chi connectivity index (χ2n) is 7.23. The van der Waals surface area contributed by atoms with Gasteiger partial charge in [-0.25, -0.2) is 0 Å². The maximum atomic E-state index is 12.7. The molecule has 158 valence electrons. The molecule has 2 amide bonds. The SMILES string of the molecule is CCCNC(=O)C(C)NC(=O)c1cc2c(cc1Cl)N1CCCCCC1=NS2(=O)=O. The molecule has 29 heavy (non-hydrogen) atoms. The number of halogens is 1. The molecule has 3 rings (SSSR count). The van der Waals surface area contributed by atoms with Gasteiger partial charge in [0, 0.05) is 19.5 Å². The topological polar surface area (TPSA) is 108 Å². The molecule has 1 aromatic carbocycles. The summed E-state index contributed by atoms with van der Waals surface area (Å²) in [7, 11) is -3.93. The molecule has 0 aromatic heterocycles. The zero-order valence-electron chi connectivity index (χ0n) is 16.5. The van der Waals surface area contributed by atoms with Crippen molar-refractivity contribution in [1.29, 1.82) is 0 Å². The van der Waals surface area contributed by atoms with E-state index in [4.69, 9.17) is 11.6 Å². The van der Waals surface area contributed by atoms with Crippen LogP contribution >= 0.6 is 11.6 Å². The summed E-state index contributed by atoms with van der Waals surface area (Å²) in [5.41, 5.74) is 0.449. The Balaban J connectivity index is 1.91. The number of fused-ring (bicyclic) bond motifs is 3. The average molecular weight is 441 g/mol. The molecular formula is C19H25ClN4O4S. The Hall–Kier alpha value is -2.13. The van der Waals surface area contributed by atoms with E-state index in [1.54, 1.807) is 6.92 Å². The number of anilines is 1. The van der Waals surface area contributed by atoms with E-state index in [2.05, 4.69) is 15.0 Å². The van der Waals surface area contributed by atoms with Gasteiger partial charge in [-0.1, -0.05) is 24.9 Å². The largest absolute Gasteiger partial charge is 0.354 e. The lowest BCUT2D eigenvalue weighted by Gasteiger charge is -2.30. The maximum absolute atomic E-state index is 12.7. The molecule has 0 radical (unpaired) electrons. The van der Waals surface area contributed by atoms with E-state index in [-0.39, 0.29) is 21.4 Å². The van der Waals surface area contributed by atoms with Gasteiger partial charge in [0.25, 0.3) is 15.9 Å². The van der Waals surface area contributed by atoms with Crippen molar-refractivity contribution in [2.24, 2.45) is 4.40 Å². The quantitative estimate of drug-likeness (QED) is 0.731. The van der Waals surface area contributed by atoms with Crippen LogP contribution in [0.5, 0.6) is 0 Å². The number of benzene rings is 1. The number of nitrogens with zero attached hydrogens (tertiary/aromatic N) is 2. The zero-order valence-corrected chi connectivity index (χ0v) is 18.1. The van der Waals surface area contributed by atoms with Crippen molar-refractivity contribution < 1.29 is 18.0 Å². The number of hydrogen-bond donors (Lipinski definition) is 2. The summed E-state index contributed by atoms with van der Waals surface area (Å²) in [6, 6.07) is 1.97. The minimum Gasteiger partial charge on any atom is -0.354 e. The molecule has 8 nitrogen and oxygen atoms in total. The minimum atomic E-state index is -3.93. The number of rotatable bonds is 5. The van der Waals surface area contributed by atoms with E-state index in [1.165, 1.54) is 12.1 Å². The van der Waals surface area contributed by atoms with Crippen LogP contribution in [0.1, 0.15) is 56.3 Å². The first-order valence-corrected chi connectivity index (χ1v) is 11.6. The van der Waals surface area contributed by atoms with Gasteiger partial charge in [-0.05, 0) is 38.3 Å². The molecular weight excluding hydrogens is 416 g/mol. The number of nitrogens with one attached hydrogen (secondary N) is 2. The van der Waals surface area contributed by atoms with Crippen molar-refractivity contribution in [3.63, 3.8) is 0 Å². The molecule has 1 unspecified atom stereocenters. The molecule has 1 saturated heterocycles. The molecule has 0 saturated carbocycles. The lowest BCUT2D eigenvalue weighted by molar-refractivity contribution is -0.122. The predicted octanol–water partition coefficient (Wildman–Crippen LogP) is 2.47. The third kappa shape index (κ3) is 4.56. The Morgan fingerprint density at radius 3 is 2.76 bits per heavy atom. The number of hydrogen-bond acceptors (Lipinski definition) is 5. The highest BCUT2D eigenvalue weighted by Gasteiger charge is 2.33. The summed E-state index contributed by atoms with van der Waals surface area (Å²) < 4.78 is 29.4. The van der Waals surface area contributed by atoms with Crippen LogP contribution in [-0.2, 0) is 14.8 Å². The first kappa shape index (κ1) is 21.6. The van der Waals surface area contributed by atoms with Crippen LogP contribution in [0.2, 0.25) is 5.02 Å². The molecule has 1 aromatic rings. The Morgan fingerprint density at radius 2 is 2.03 bits per heavy atom. The van der Waals surface area contributed by atoms with Crippen molar-refractivity contribution in [2.75, 3.05) is 18.0 Å². The molecule has 0 aliphatic carbocycles. The molecule has 1 atom stereocenters. The van der Waals surface area contributed by atoms with Crippen LogP contribution in [0.25, 0.3) is 0 Å². The van der Waals surface area contributed by atoms with E-state index < -0.39 is 22.0 Å². The first-order valence-electron chi connectivity index (χ1n) is 9.78. The highest BCUT2D eigenvalue weighted by molar-refractivity contribution is 7.90. The fourth-order valence-corrected chi connectivity index (χ4v) is 4.92. The minimum absolute atomic E-state index is 0.00222. The zero-order chi connectivity index (χ0) is 21.2. The Morgan fingerprint density at radius 1 is 1.28 bits per heavy atom. The molecule has 0 bridgehead atoms. The Kier molecular flexibility index (Phi) is 6.48. The van der Waals surface area contributed by atoms with Crippen LogP contribution in [0, 0.1) is 0 Å². The summed E-state index contributed by atoms with van der Waals surface area (Å²) in [5.74, 6) is -0.414. The predicted molar refractivity (Wildman–Crippen MR) is 112 cm³/mol.